The van der Waals surface area contributed by atoms with E-state index < -0.39 is 0 Å². The predicted octanol–water partition coefficient (Wildman–Crippen LogP) is 1.49. The third-order valence-corrected chi connectivity index (χ3v) is 3.37. The van der Waals surface area contributed by atoms with E-state index in [0.717, 1.165) is 50.8 Å². The fourth-order valence-corrected chi connectivity index (χ4v) is 2.24. The van der Waals surface area contributed by atoms with Gasteiger partial charge in [0.15, 0.2) is 0 Å². The van der Waals surface area contributed by atoms with E-state index >= 15 is 0 Å². The van der Waals surface area contributed by atoms with Crippen LogP contribution in [-0.2, 0) is 11.3 Å². The molecule has 1 heterocycles. The van der Waals surface area contributed by atoms with Gasteiger partial charge in [0.25, 0.3) is 0 Å². The van der Waals surface area contributed by atoms with Gasteiger partial charge in [-0.3, -0.25) is 4.90 Å². The molecule has 0 radical (unpaired) electrons. The van der Waals surface area contributed by atoms with Crippen molar-refractivity contribution in [3.05, 3.63) is 29.8 Å². The zero-order valence-corrected chi connectivity index (χ0v) is 11.7. The van der Waals surface area contributed by atoms with Gasteiger partial charge in [0, 0.05) is 32.1 Å². The van der Waals surface area contributed by atoms with Gasteiger partial charge >= 0.3 is 0 Å². The van der Waals surface area contributed by atoms with Gasteiger partial charge in [-0.15, -0.1) is 0 Å². The van der Waals surface area contributed by atoms with Gasteiger partial charge in [0.1, 0.15) is 5.75 Å². The van der Waals surface area contributed by atoms with Crippen molar-refractivity contribution in [2.45, 2.75) is 13.5 Å². The molecule has 2 rings (SSSR count). The normalized spacial score (nSPS) is 18.2. The highest BCUT2D eigenvalue weighted by molar-refractivity contribution is 5.27. The minimum atomic E-state index is 0.521. The number of nitrogens with zero attached hydrogens (tertiary/aromatic N) is 1. The Hall–Kier alpha value is -1.10. The molecule has 0 amide bonds. The Bertz CT molecular complexity index is 361. The zero-order chi connectivity index (χ0) is 13.5. The Morgan fingerprint density at radius 1 is 1.26 bits per heavy atom. The van der Waals surface area contributed by atoms with E-state index in [2.05, 4.69) is 11.8 Å². The van der Waals surface area contributed by atoms with Gasteiger partial charge in [0.05, 0.1) is 19.8 Å². The van der Waals surface area contributed by atoms with Crippen LogP contribution in [0, 0.1) is 5.92 Å². The molecule has 1 fully saturated rings. The summed E-state index contributed by atoms with van der Waals surface area (Å²) in [5.41, 5.74) is 6.70. The van der Waals surface area contributed by atoms with Gasteiger partial charge in [-0.25, -0.2) is 0 Å². The lowest BCUT2D eigenvalue weighted by molar-refractivity contribution is 0.0283. The first kappa shape index (κ1) is 14.3. The van der Waals surface area contributed by atoms with Gasteiger partial charge in [-0.2, -0.15) is 0 Å². The molecular weight excluding hydrogens is 240 g/mol. The highest BCUT2D eigenvalue weighted by Crippen LogP contribution is 2.13. The summed E-state index contributed by atoms with van der Waals surface area (Å²) in [5.74, 6) is 1.44. The maximum atomic E-state index is 5.81. The van der Waals surface area contributed by atoms with Crippen LogP contribution in [0.1, 0.15) is 12.5 Å². The van der Waals surface area contributed by atoms with Crippen molar-refractivity contribution in [2.75, 3.05) is 39.5 Å². The minimum Gasteiger partial charge on any atom is -0.493 e. The van der Waals surface area contributed by atoms with Gasteiger partial charge in [-0.1, -0.05) is 19.1 Å². The molecule has 1 aliphatic rings. The van der Waals surface area contributed by atoms with E-state index in [1.54, 1.807) is 0 Å². The van der Waals surface area contributed by atoms with Crippen molar-refractivity contribution in [3.8, 4) is 5.75 Å². The lowest BCUT2D eigenvalue weighted by Crippen LogP contribution is -2.39. The Balaban J connectivity index is 1.71. The van der Waals surface area contributed by atoms with E-state index in [4.69, 9.17) is 15.2 Å². The van der Waals surface area contributed by atoms with Crippen molar-refractivity contribution in [1.82, 2.24) is 4.90 Å². The monoisotopic (exact) mass is 264 g/mol. The molecule has 1 saturated heterocycles. The molecule has 1 aromatic rings. The standard InChI is InChI=1S/C15H24N2O2/c1-13(11-17-6-8-18-9-7-17)12-19-15-4-2-14(10-16)3-5-15/h2-5,13H,6-12,16H2,1H3. The Kier molecular flexibility index (Phi) is 5.63. The maximum Gasteiger partial charge on any atom is 0.119 e. The Morgan fingerprint density at radius 2 is 1.95 bits per heavy atom. The van der Waals surface area contributed by atoms with Crippen molar-refractivity contribution < 1.29 is 9.47 Å². The summed E-state index contributed by atoms with van der Waals surface area (Å²) in [5, 5.41) is 0. The second-order valence-corrected chi connectivity index (χ2v) is 5.18. The minimum absolute atomic E-state index is 0.521. The molecule has 0 spiro atoms. The zero-order valence-electron chi connectivity index (χ0n) is 11.7. The highest BCUT2D eigenvalue weighted by Gasteiger charge is 2.14. The lowest BCUT2D eigenvalue weighted by atomic mass is 10.1. The van der Waals surface area contributed by atoms with E-state index in [1.807, 2.05) is 24.3 Å². The fourth-order valence-electron chi connectivity index (χ4n) is 2.24. The molecule has 0 saturated carbocycles. The average molecular weight is 264 g/mol. The Labute approximate surface area is 115 Å². The first-order valence-electron chi connectivity index (χ1n) is 7.00. The van der Waals surface area contributed by atoms with Crippen molar-refractivity contribution in [2.24, 2.45) is 11.7 Å². The summed E-state index contributed by atoms with van der Waals surface area (Å²) in [4.78, 5) is 2.44. The van der Waals surface area contributed by atoms with Crippen molar-refractivity contribution >= 4 is 0 Å². The number of ether oxygens (including phenoxy) is 2. The summed E-state index contributed by atoms with van der Waals surface area (Å²) in [6.45, 7) is 8.41. The largest absolute Gasteiger partial charge is 0.493 e. The van der Waals surface area contributed by atoms with E-state index in [9.17, 15) is 0 Å². The molecule has 0 bridgehead atoms. The van der Waals surface area contributed by atoms with Crippen LogP contribution < -0.4 is 10.5 Å². The molecule has 1 aliphatic heterocycles. The summed E-state index contributed by atoms with van der Waals surface area (Å²) in [6.07, 6.45) is 0. The average Bonchev–Trinajstić information content (AvgIpc) is 2.47. The molecule has 4 nitrogen and oxygen atoms in total. The molecule has 106 valence electrons. The molecule has 1 aromatic carbocycles. The van der Waals surface area contributed by atoms with E-state index in [0.29, 0.717) is 12.5 Å². The second kappa shape index (κ2) is 7.48. The number of morpholine rings is 1. The molecule has 19 heavy (non-hydrogen) atoms. The molecule has 1 atom stereocenters. The van der Waals surface area contributed by atoms with E-state index in [1.165, 1.54) is 0 Å². The van der Waals surface area contributed by atoms with Crippen LogP contribution in [0.3, 0.4) is 0 Å². The van der Waals surface area contributed by atoms with Crippen LogP contribution in [0.25, 0.3) is 0 Å². The van der Waals surface area contributed by atoms with Crippen LogP contribution in [0.2, 0.25) is 0 Å². The third-order valence-electron chi connectivity index (χ3n) is 3.37. The quantitative estimate of drug-likeness (QED) is 0.845. The number of rotatable bonds is 6. The number of hydrogen-bond acceptors (Lipinski definition) is 4. The second-order valence-electron chi connectivity index (χ2n) is 5.18. The summed E-state index contributed by atoms with van der Waals surface area (Å²) in [7, 11) is 0. The van der Waals surface area contributed by atoms with E-state index in [-0.39, 0.29) is 0 Å². The van der Waals surface area contributed by atoms with Crippen LogP contribution >= 0.6 is 0 Å². The number of nitrogens with two attached hydrogens (primary N) is 1. The summed E-state index contributed by atoms with van der Waals surface area (Å²) >= 11 is 0. The fraction of sp³-hybridized carbons (Fsp3) is 0.600. The first-order valence-corrected chi connectivity index (χ1v) is 7.00. The number of benzene rings is 1. The molecule has 0 aromatic heterocycles. The summed E-state index contributed by atoms with van der Waals surface area (Å²) in [6, 6.07) is 8.01. The summed E-state index contributed by atoms with van der Waals surface area (Å²) < 4.78 is 11.2. The molecule has 1 unspecified atom stereocenters. The molecular formula is C15H24N2O2. The SMILES string of the molecule is CC(COc1ccc(CN)cc1)CN1CCOCC1. The van der Waals surface area contributed by atoms with Crippen molar-refractivity contribution in [1.29, 1.82) is 0 Å². The maximum absolute atomic E-state index is 5.81. The third kappa shape index (κ3) is 4.82. The Morgan fingerprint density at radius 3 is 2.58 bits per heavy atom. The molecule has 4 heteroatoms. The smallest absolute Gasteiger partial charge is 0.119 e. The predicted molar refractivity (Wildman–Crippen MR) is 76.3 cm³/mol. The number of hydrogen-bond donors (Lipinski definition) is 1. The topological polar surface area (TPSA) is 47.7 Å². The van der Waals surface area contributed by atoms with Gasteiger partial charge in [-0.05, 0) is 17.7 Å². The van der Waals surface area contributed by atoms with Gasteiger partial charge < -0.3 is 15.2 Å². The van der Waals surface area contributed by atoms with Gasteiger partial charge in [0.2, 0.25) is 0 Å². The van der Waals surface area contributed by atoms with Crippen molar-refractivity contribution in [3.63, 3.8) is 0 Å². The van der Waals surface area contributed by atoms with Crippen LogP contribution in [0.5, 0.6) is 5.75 Å². The van der Waals surface area contributed by atoms with Crippen LogP contribution in [0.15, 0.2) is 24.3 Å². The molecule has 2 N–H and O–H groups in total. The highest BCUT2D eigenvalue weighted by atomic mass is 16.5. The van der Waals surface area contributed by atoms with Crippen LogP contribution in [0.4, 0.5) is 0 Å². The molecule has 0 aliphatic carbocycles. The lowest BCUT2D eigenvalue weighted by Gasteiger charge is -2.29. The first-order chi connectivity index (χ1) is 9.28. The van der Waals surface area contributed by atoms with Crippen LogP contribution in [-0.4, -0.2) is 44.4 Å².